The van der Waals surface area contributed by atoms with Crippen molar-refractivity contribution in [2.45, 2.75) is 6.42 Å². The van der Waals surface area contributed by atoms with Gasteiger partial charge in [0.25, 0.3) is 0 Å². The molecule has 0 saturated carbocycles. The number of carbonyl (C=O) groups excluding carboxylic acids is 1. The molecule has 1 N–H and O–H groups in total. The Balaban J connectivity index is 1.29. The fourth-order valence-electron chi connectivity index (χ4n) is 2.51. The SMILES string of the molecule is O=C(COCCOc1ccccc1)NCCc1csc2ccccc12. The minimum absolute atomic E-state index is 0.0581. The molecule has 0 aliphatic rings. The molecule has 0 saturated heterocycles. The van der Waals surface area contributed by atoms with E-state index in [0.29, 0.717) is 19.8 Å². The summed E-state index contributed by atoms with van der Waals surface area (Å²) in [5.74, 6) is 0.706. The third-order valence-electron chi connectivity index (χ3n) is 3.75. The quantitative estimate of drug-likeness (QED) is 0.596. The van der Waals surface area contributed by atoms with Crippen molar-refractivity contribution in [1.29, 1.82) is 0 Å². The van der Waals surface area contributed by atoms with Crippen LogP contribution in [0, 0.1) is 0 Å². The summed E-state index contributed by atoms with van der Waals surface area (Å²) in [6, 6.07) is 17.9. The standard InChI is InChI=1S/C20H21NO3S/c22-20(14-23-12-13-24-17-6-2-1-3-7-17)21-11-10-16-15-25-19-9-5-4-8-18(16)19/h1-9,15H,10-14H2,(H,21,22). The van der Waals surface area contributed by atoms with Crippen molar-refractivity contribution >= 4 is 27.3 Å². The van der Waals surface area contributed by atoms with Crippen molar-refractivity contribution < 1.29 is 14.3 Å². The van der Waals surface area contributed by atoms with Gasteiger partial charge in [0.2, 0.25) is 5.91 Å². The van der Waals surface area contributed by atoms with Crippen LogP contribution in [0.15, 0.2) is 60.0 Å². The molecule has 1 amide bonds. The van der Waals surface area contributed by atoms with Gasteiger partial charge >= 0.3 is 0 Å². The summed E-state index contributed by atoms with van der Waals surface area (Å²) in [7, 11) is 0. The van der Waals surface area contributed by atoms with Crippen LogP contribution in [0.3, 0.4) is 0 Å². The van der Waals surface area contributed by atoms with Gasteiger partial charge in [0, 0.05) is 11.2 Å². The molecule has 0 atom stereocenters. The Morgan fingerprint density at radius 3 is 2.68 bits per heavy atom. The van der Waals surface area contributed by atoms with E-state index in [0.717, 1.165) is 12.2 Å². The number of para-hydroxylation sites is 1. The van der Waals surface area contributed by atoms with Crippen LogP contribution < -0.4 is 10.1 Å². The van der Waals surface area contributed by atoms with Gasteiger partial charge in [-0.15, -0.1) is 11.3 Å². The summed E-state index contributed by atoms with van der Waals surface area (Å²) in [5, 5.41) is 6.33. The summed E-state index contributed by atoms with van der Waals surface area (Å²) < 4.78 is 12.1. The van der Waals surface area contributed by atoms with Crippen molar-refractivity contribution in [1.82, 2.24) is 5.32 Å². The number of rotatable bonds is 9. The molecule has 0 unspecified atom stereocenters. The van der Waals surface area contributed by atoms with E-state index < -0.39 is 0 Å². The molecular formula is C20H21NO3S. The Morgan fingerprint density at radius 2 is 1.80 bits per heavy atom. The second kappa shape index (κ2) is 9.20. The van der Waals surface area contributed by atoms with Crippen LogP contribution in [0.1, 0.15) is 5.56 Å². The molecule has 1 heterocycles. The molecule has 3 aromatic rings. The van der Waals surface area contributed by atoms with E-state index in [-0.39, 0.29) is 12.5 Å². The Labute approximate surface area is 151 Å². The smallest absolute Gasteiger partial charge is 0.246 e. The van der Waals surface area contributed by atoms with Gasteiger partial charge in [-0.05, 0) is 40.9 Å². The Kier molecular flexibility index (Phi) is 6.42. The fourth-order valence-corrected chi connectivity index (χ4v) is 3.51. The topological polar surface area (TPSA) is 47.6 Å². The van der Waals surface area contributed by atoms with Crippen molar-refractivity contribution in [3.63, 3.8) is 0 Å². The average molecular weight is 355 g/mol. The maximum Gasteiger partial charge on any atom is 0.246 e. The van der Waals surface area contributed by atoms with Crippen molar-refractivity contribution in [2.75, 3.05) is 26.4 Å². The first-order chi connectivity index (χ1) is 12.3. The van der Waals surface area contributed by atoms with Crippen molar-refractivity contribution in [3.05, 3.63) is 65.5 Å². The third-order valence-corrected chi connectivity index (χ3v) is 4.76. The van der Waals surface area contributed by atoms with Crippen molar-refractivity contribution in [2.24, 2.45) is 0 Å². The number of hydrogen-bond donors (Lipinski definition) is 1. The highest BCUT2D eigenvalue weighted by Crippen LogP contribution is 2.25. The molecule has 0 aliphatic carbocycles. The summed E-state index contributed by atoms with van der Waals surface area (Å²) in [6.45, 7) is 1.49. The van der Waals surface area contributed by atoms with E-state index in [1.165, 1.54) is 15.6 Å². The maximum absolute atomic E-state index is 11.8. The van der Waals surface area contributed by atoms with Gasteiger partial charge in [-0.1, -0.05) is 36.4 Å². The average Bonchev–Trinajstić information content (AvgIpc) is 3.06. The van der Waals surface area contributed by atoms with E-state index in [2.05, 4.69) is 22.8 Å². The summed E-state index contributed by atoms with van der Waals surface area (Å²) in [6.07, 6.45) is 0.826. The number of fused-ring (bicyclic) bond motifs is 1. The maximum atomic E-state index is 11.8. The molecule has 0 radical (unpaired) electrons. The van der Waals surface area contributed by atoms with Gasteiger partial charge in [0.05, 0.1) is 6.61 Å². The molecule has 1 aromatic heterocycles. The number of carbonyl (C=O) groups is 1. The van der Waals surface area contributed by atoms with E-state index >= 15 is 0 Å². The highest BCUT2D eigenvalue weighted by atomic mass is 32.1. The van der Waals surface area contributed by atoms with Crippen molar-refractivity contribution in [3.8, 4) is 5.75 Å². The van der Waals surface area contributed by atoms with Gasteiger partial charge in [0.15, 0.2) is 0 Å². The minimum Gasteiger partial charge on any atom is -0.491 e. The number of amides is 1. The first-order valence-electron chi connectivity index (χ1n) is 8.30. The second-order valence-corrected chi connectivity index (χ2v) is 6.48. The predicted molar refractivity (Wildman–Crippen MR) is 101 cm³/mol. The van der Waals surface area contributed by atoms with E-state index in [4.69, 9.17) is 9.47 Å². The number of benzene rings is 2. The van der Waals surface area contributed by atoms with Crippen LogP contribution in [0.25, 0.3) is 10.1 Å². The normalized spacial score (nSPS) is 10.7. The molecule has 25 heavy (non-hydrogen) atoms. The van der Waals surface area contributed by atoms with E-state index in [1.54, 1.807) is 11.3 Å². The first-order valence-corrected chi connectivity index (χ1v) is 9.18. The Hall–Kier alpha value is -2.37. The largest absolute Gasteiger partial charge is 0.491 e. The van der Waals surface area contributed by atoms with E-state index in [1.807, 2.05) is 42.5 Å². The van der Waals surface area contributed by atoms with Crippen LogP contribution in [0.5, 0.6) is 5.75 Å². The lowest BCUT2D eigenvalue weighted by Crippen LogP contribution is -2.30. The molecule has 130 valence electrons. The summed E-state index contributed by atoms with van der Waals surface area (Å²) in [4.78, 5) is 11.8. The number of ether oxygens (including phenoxy) is 2. The number of thiophene rings is 1. The first kappa shape index (κ1) is 17.5. The molecular weight excluding hydrogens is 334 g/mol. The zero-order valence-corrected chi connectivity index (χ0v) is 14.8. The molecule has 5 heteroatoms. The fraction of sp³-hybridized carbons (Fsp3) is 0.250. The zero-order chi connectivity index (χ0) is 17.3. The molecule has 0 spiro atoms. The molecule has 0 bridgehead atoms. The van der Waals surface area contributed by atoms with Crippen LogP contribution in [0.4, 0.5) is 0 Å². The predicted octanol–water partition coefficient (Wildman–Crippen LogP) is 3.66. The molecule has 0 fully saturated rings. The van der Waals surface area contributed by atoms with Gasteiger partial charge in [-0.25, -0.2) is 0 Å². The van der Waals surface area contributed by atoms with Gasteiger partial charge in [0.1, 0.15) is 19.0 Å². The van der Waals surface area contributed by atoms with Gasteiger partial charge in [-0.2, -0.15) is 0 Å². The zero-order valence-electron chi connectivity index (χ0n) is 13.9. The van der Waals surface area contributed by atoms with E-state index in [9.17, 15) is 4.79 Å². The lowest BCUT2D eigenvalue weighted by Gasteiger charge is -2.08. The van der Waals surface area contributed by atoms with Crippen LogP contribution in [-0.2, 0) is 16.0 Å². The monoisotopic (exact) mass is 355 g/mol. The molecule has 4 nitrogen and oxygen atoms in total. The molecule has 2 aromatic carbocycles. The highest BCUT2D eigenvalue weighted by Gasteiger charge is 2.05. The van der Waals surface area contributed by atoms with Gasteiger partial charge < -0.3 is 14.8 Å². The second-order valence-electron chi connectivity index (χ2n) is 5.57. The highest BCUT2D eigenvalue weighted by molar-refractivity contribution is 7.17. The molecule has 0 aliphatic heterocycles. The molecule has 3 rings (SSSR count). The lowest BCUT2D eigenvalue weighted by molar-refractivity contribution is -0.125. The third kappa shape index (κ3) is 5.31. The summed E-state index contributed by atoms with van der Waals surface area (Å²) >= 11 is 1.74. The van der Waals surface area contributed by atoms with Crippen LogP contribution in [0.2, 0.25) is 0 Å². The number of hydrogen-bond acceptors (Lipinski definition) is 4. The van der Waals surface area contributed by atoms with Crippen LogP contribution in [-0.4, -0.2) is 32.3 Å². The number of nitrogens with one attached hydrogen (secondary N) is 1. The van der Waals surface area contributed by atoms with Crippen LogP contribution >= 0.6 is 11.3 Å². The van der Waals surface area contributed by atoms with Gasteiger partial charge in [-0.3, -0.25) is 4.79 Å². The Bertz CT molecular complexity index is 801. The minimum atomic E-state index is -0.0979. The lowest BCUT2D eigenvalue weighted by atomic mass is 10.1. The summed E-state index contributed by atoms with van der Waals surface area (Å²) in [5.41, 5.74) is 1.28. The Morgan fingerprint density at radius 1 is 1.00 bits per heavy atom.